The zero-order valence-electron chi connectivity index (χ0n) is 10.1. The van der Waals surface area contributed by atoms with E-state index in [9.17, 15) is 22.0 Å². The van der Waals surface area contributed by atoms with Crippen molar-refractivity contribution in [2.75, 3.05) is 13.2 Å². The summed E-state index contributed by atoms with van der Waals surface area (Å²) in [5.41, 5.74) is 0.164. The van der Waals surface area contributed by atoms with E-state index in [1.807, 2.05) is 0 Å². The first-order valence-electron chi connectivity index (χ1n) is 5.27. The third-order valence-electron chi connectivity index (χ3n) is 2.30. The van der Waals surface area contributed by atoms with Crippen molar-refractivity contribution in [3.8, 4) is 0 Å². The van der Waals surface area contributed by atoms with Gasteiger partial charge in [0.1, 0.15) is 6.61 Å². The summed E-state index contributed by atoms with van der Waals surface area (Å²) < 4.78 is 50.7. The van der Waals surface area contributed by atoms with Crippen LogP contribution in [0.25, 0.3) is 0 Å². The van der Waals surface area contributed by atoms with Crippen molar-refractivity contribution in [1.82, 2.24) is 4.72 Å². The number of carbonyl (C=O) groups excluding carboxylic acids is 1. The Bertz CT molecular complexity index is 572. The van der Waals surface area contributed by atoms with Crippen LogP contribution >= 0.6 is 0 Å². The molecule has 5 nitrogen and oxygen atoms in total. The second-order valence-corrected chi connectivity index (χ2v) is 5.69. The maximum Gasteiger partial charge on any atom is 0.283 e. The number of nitrogens with one attached hydrogen (secondary N) is 1. The largest absolute Gasteiger partial charge is 0.390 e. The van der Waals surface area contributed by atoms with Gasteiger partial charge < -0.3 is 5.11 Å². The number of sulfonamides is 1. The first-order valence-corrected chi connectivity index (χ1v) is 6.76. The Kier molecular flexibility index (Phi) is 4.72. The van der Waals surface area contributed by atoms with Gasteiger partial charge in [0.05, 0.1) is 11.4 Å². The Hall–Kier alpha value is -1.38. The molecule has 1 aromatic carbocycles. The topological polar surface area (TPSA) is 83.5 Å². The van der Waals surface area contributed by atoms with Crippen molar-refractivity contribution in [2.24, 2.45) is 0 Å². The third kappa shape index (κ3) is 4.34. The number of rotatable bonds is 6. The standard InChI is InChI=1S/C11H13F2NO4S/c1-8(16)9-3-2-4-10(5-9)19(17,18)14-6-11(12,13)7-15/h2-5,14-15H,6-7H2,1H3. The van der Waals surface area contributed by atoms with Gasteiger partial charge in [-0.25, -0.2) is 21.9 Å². The Morgan fingerprint density at radius 2 is 2.05 bits per heavy atom. The molecule has 0 radical (unpaired) electrons. The van der Waals surface area contributed by atoms with Gasteiger partial charge in [-0.1, -0.05) is 12.1 Å². The number of Topliss-reactive ketones (excluding diaryl/α,β-unsaturated/α-hetero) is 1. The number of benzene rings is 1. The number of hydrogen-bond donors (Lipinski definition) is 2. The molecule has 0 saturated heterocycles. The van der Waals surface area contributed by atoms with Crippen molar-refractivity contribution < 1.29 is 27.1 Å². The minimum Gasteiger partial charge on any atom is -0.390 e. The molecule has 0 atom stereocenters. The summed E-state index contributed by atoms with van der Waals surface area (Å²) in [6, 6.07) is 5.05. The monoisotopic (exact) mass is 293 g/mol. The first kappa shape index (κ1) is 15.7. The van der Waals surface area contributed by atoms with Crippen LogP contribution in [-0.2, 0) is 10.0 Å². The van der Waals surface area contributed by atoms with Crippen LogP contribution in [0, 0.1) is 0 Å². The Morgan fingerprint density at radius 3 is 2.58 bits per heavy atom. The average molecular weight is 293 g/mol. The molecule has 106 valence electrons. The van der Waals surface area contributed by atoms with E-state index in [-0.39, 0.29) is 16.2 Å². The van der Waals surface area contributed by atoms with Gasteiger partial charge in [0.2, 0.25) is 10.0 Å². The van der Waals surface area contributed by atoms with Gasteiger partial charge >= 0.3 is 0 Å². The van der Waals surface area contributed by atoms with E-state index in [4.69, 9.17) is 5.11 Å². The summed E-state index contributed by atoms with van der Waals surface area (Å²) in [7, 11) is -4.15. The van der Waals surface area contributed by atoms with Crippen LogP contribution in [0.5, 0.6) is 0 Å². The summed E-state index contributed by atoms with van der Waals surface area (Å²) in [5.74, 6) is -3.87. The molecule has 0 aromatic heterocycles. The van der Waals surface area contributed by atoms with E-state index in [1.54, 1.807) is 4.72 Å². The molecule has 0 aliphatic rings. The predicted octanol–water partition coefficient (Wildman–Crippen LogP) is 0.795. The predicted molar refractivity (Wildman–Crippen MR) is 63.7 cm³/mol. The molecule has 0 spiro atoms. The summed E-state index contributed by atoms with van der Waals surface area (Å²) in [6.07, 6.45) is 0. The molecule has 1 aromatic rings. The molecular weight excluding hydrogens is 280 g/mol. The van der Waals surface area contributed by atoms with E-state index >= 15 is 0 Å². The Balaban J connectivity index is 2.95. The lowest BCUT2D eigenvalue weighted by Crippen LogP contribution is -2.38. The first-order chi connectivity index (χ1) is 8.68. The van der Waals surface area contributed by atoms with Crippen LogP contribution in [-0.4, -0.2) is 38.4 Å². The highest BCUT2D eigenvalue weighted by molar-refractivity contribution is 7.89. The van der Waals surface area contributed by atoms with Gasteiger partial charge in [-0.2, -0.15) is 0 Å². The van der Waals surface area contributed by atoms with Gasteiger partial charge in [-0.05, 0) is 19.1 Å². The summed E-state index contributed by atoms with van der Waals surface area (Å²) in [5, 5.41) is 8.35. The van der Waals surface area contributed by atoms with Crippen LogP contribution in [0.4, 0.5) is 8.78 Å². The lowest BCUT2D eigenvalue weighted by Gasteiger charge is -2.14. The number of hydrogen-bond acceptors (Lipinski definition) is 4. The van der Waals surface area contributed by atoms with Gasteiger partial charge in [-0.15, -0.1) is 0 Å². The van der Waals surface area contributed by atoms with Crippen LogP contribution in [0.3, 0.4) is 0 Å². The van der Waals surface area contributed by atoms with Crippen LogP contribution < -0.4 is 4.72 Å². The molecular formula is C11H13F2NO4S. The average Bonchev–Trinajstić information content (AvgIpc) is 2.37. The second kappa shape index (κ2) is 5.72. The van der Waals surface area contributed by atoms with Crippen molar-refractivity contribution in [3.05, 3.63) is 29.8 Å². The number of ketones is 1. The normalized spacial score (nSPS) is 12.4. The van der Waals surface area contributed by atoms with Crippen molar-refractivity contribution in [1.29, 1.82) is 0 Å². The molecule has 19 heavy (non-hydrogen) atoms. The fraction of sp³-hybridized carbons (Fsp3) is 0.364. The quantitative estimate of drug-likeness (QED) is 0.760. The van der Waals surface area contributed by atoms with Gasteiger partial charge in [0, 0.05) is 5.56 Å². The van der Waals surface area contributed by atoms with Crippen LogP contribution in [0.2, 0.25) is 0 Å². The molecule has 0 unspecified atom stereocenters. The zero-order chi connectivity index (χ0) is 14.7. The molecule has 0 saturated carbocycles. The van der Waals surface area contributed by atoms with E-state index < -0.39 is 29.1 Å². The highest BCUT2D eigenvalue weighted by atomic mass is 32.2. The highest BCUT2D eigenvalue weighted by Crippen LogP contribution is 2.15. The molecule has 0 bridgehead atoms. The molecule has 0 aliphatic heterocycles. The zero-order valence-corrected chi connectivity index (χ0v) is 10.9. The number of alkyl halides is 2. The van der Waals surface area contributed by atoms with E-state index in [2.05, 4.69) is 0 Å². The highest BCUT2D eigenvalue weighted by Gasteiger charge is 2.30. The molecule has 0 fully saturated rings. The number of halogens is 2. The summed E-state index contributed by atoms with van der Waals surface area (Å²) in [6.45, 7) is -1.40. The molecule has 1 rings (SSSR count). The summed E-state index contributed by atoms with van der Waals surface area (Å²) in [4.78, 5) is 10.8. The van der Waals surface area contributed by atoms with Gasteiger partial charge in [-0.3, -0.25) is 4.79 Å². The number of aliphatic hydroxyl groups excluding tert-OH is 1. The SMILES string of the molecule is CC(=O)c1cccc(S(=O)(=O)NCC(F)(F)CO)c1. The van der Waals surface area contributed by atoms with Crippen molar-refractivity contribution in [3.63, 3.8) is 0 Å². The number of carbonyl (C=O) groups is 1. The Labute approximate surface area is 109 Å². The lowest BCUT2D eigenvalue weighted by molar-refractivity contribution is -0.0437. The van der Waals surface area contributed by atoms with E-state index in [0.29, 0.717) is 0 Å². The third-order valence-corrected chi connectivity index (χ3v) is 3.70. The fourth-order valence-electron chi connectivity index (χ4n) is 1.22. The fourth-order valence-corrected chi connectivity index (χ4v) is 2.33. The van der Waals surface area contributed by atoms with Crippen LogP contribution in [0.15, 0.2) is 29.2 Å². The molecule has 0 aliphatic carbocycles. The smallest absolute Gasteiger partial charge is 0.283 e. The minimum absolute atomic E-state index is 0.164. The maximum atomic E-state index is 12.8. The van der Waals surface area contributed by atoms with Crippen molar-refractivity contribution >= 4 is 15.8 Å². The molecule has 2 N–H and O–H groups in total. The van der Waals surface area contributed by atoms with Gasteiger partial charge in [0.15, 0.2) is 5.78 Å². The minimum atomic E-state index is -4.15. The van der Waals surface area contributed by atoms with Crippen LogP contribution in [0.1, 0.15) is 17.3 Å². The van der Waals surface area contributed by atoms with Gasteiger partial charge in [0.25, 0.3) is 5.92 Å². The van der Waals surface area contributed by atoms with E-state index in [1.165, 1.54) is 25.1 Å². The second-order valence-electron chi connectivity index (χ2n) is 3.92. The maximum absolute atomic E-state index is 12.8. The molecule has 0 amide bonds. The number of aliphatic hydroxyl groups is 1. The summed E-state index contributed by atoms with van der Waals surface area (Å²) >= 11 is 0. The molecule has 8 heteroatoms. The lowest BCUT2D eigenvalue weighted by atomic mass is 10.2. The van der Waals surface area contributed by atoms with Crippen molar-refractivity contribution in [2.45, 2.75) is 17.7 Å². The van der Waals surface area contributed by atoms with E-state index in [0.717, 1.165) is 6.07 Å². The molecule has 0 heterocycles. The Morgan fingerprint density at radius 1 is 1.42 bits per heavy atom.